The minimum atomic E-state index is -0.675. The molecule has 0 spiro atoms. The summed E-state index contributed by atoms with van der Waals surface area (Å²) in [6, 6.07) is 9.91. The summed E-state index contributed by atoms with van der Waals surface area (Å²) in [4.78, 5) is 37.9. The molecule has 2 N–H and O–H groups in total. The summed E-state index contributed by atoms with van der Waals surface area (Å²) >= 11 is 0. The Morgan fingerprint density at radius 1 is 1.21 bits per heavy atom. The molecule has 1 fully saturated rings. The second kappa shape index (κ2) is 8.60. The maximum absolute atomic E-state index is 12.5. The molecule has 0 aliphatic carbocycles. The standard InChI is InChI=1S/C20H24N4O4/c1-23-11-3-4-15(23)12-21-18(25)10-9-17-19(26)24(20(27)22-17)13-14-5-7-16(28-2)8-6-14/h3-8,11,17H,9-10,12-13H2,1-2H3,(H,21,25)(H,22,27). The van der Waals surface area contributed by atoms with Crippen molar-refractivity contribution in [3.63, 3.8) is 0 Å². The molecule has 0 radical (unpaired) electrons. The van der Waals surface area contributed by atoms with Gasteiger partial charge >= 0.3 is 6.03 Å². The van der Waals surface area contributed by atoms with Crippen molar-refractivity contribution in [2.45, 2.75) is 32.0 Å². The molecule has 4 amide bonds. The van der Waals surface area contributed by atoms with Crippen LogP contribution in [0.25, 0.3) is 0 Å². The fraction of sp³-hybridized carbons (Fsp3) is 0.350. The van der Waals surface area contributed by atoms with Crippen molar-refractivity contribution < 1.29 is 19.1 Å². The molecule has 1 saturated heterocycles. The zero-order valence-electron chi connectivity index (χ0n) is 16.0. The van der Waals surface area contributed by atoms with E-state index in [-0.39, 0.29) is 31.2 Å². The monoisotopic (exact) mass is 384 g/mol. The lowest BCUT2D eigenvalue weighted by Crippen LogP contribution is -2.32. The summed E-state index contributed by atoms with van der Waals surface area (Å²) in [5, 5.41) is 5.49. The highest BCUT2D eigenvalue weighted by atomic mass is 16.5. The Morgan fingerprint density at radius 2 is 1.96 bits per heavy atom. The maximum Gasteiger partial charge on any atom is 0.325 e. The molecule has 1 unspecified atom stereocenters. The Morgan fingerprint density at radius 3 is 2.61 bits per heavy atom. The lowest BCUT2D eigenvalue weighted by Gasteiger charge is -2.13. The van der Waals surface area contributed by atoms with Gasteiger partial charge in [0.15, 0.2) is 0 Å². The molecule has 2 aromatic rings. The van der Waals surface area contributed by atoms with Gasteiger partial charge in [-0.05, 0) is 36.2 Å². The van der Waals surface area contributed by atoms with E-state index in [9.17, 15) is 14.4 Å². The normalized spacial score (nSPS) is 16.2. The van der Waals surface area contributed by atoms with Gasteiger partial charge in [-0.3, -0.25) is 14.5 Å². The van der Waals surface area contributed by atoms with Crippen LogP contribution in [-0.2, 0) is 29.7 Å². The van der Waals surface area contributed by atoms with Crippen LogP contribution < -0.4 is 15.4 Å². The van der Waals surface area contributed by atoms with Gasteiger partial charge in [-0.2, -0.15) is 0 Å². The van der Waals surface area contributed by atoms with Crippen LogP contribution in [0.1, 0.15) is 24.1 Å². The first-order chi connectivity index (χ1) is 13.5. The first kappa shape index (κ1) is 19.5. The van der Waals surface area contributed by atoms with Gasteiger partial charge in [0.1, 0.15) is 11.8 Å². The van der Waals surface area contributed by atoms with Crippen molar-refractivity contribution in [1.82, 2.24) is 20.1 Å². The van der Waals surface area contributed by atoms with E-state index in [2.05, 4.69) is 10.6 Å². The van der Waals surface area contributed by atoms with E-state index in [0.29, 0.717) is 12.3 Å². The summed E-state index contributed by atoms with van der Waals surface area (Å²) < 4.78 is 7.03. The number of rotatable bonds is 8. The molecular weight excluding hydrogens is 360 g/mol. The number of nitrogens with one attached hydrogen (secondary N) is 2. The van der Waals surface area contributed by atoms with Crippen LogP contribution in [0.2, 0.25) is 0 Å². The molecule has 0 bridgehead atoms. The molecule has 3 rings (SSSR count). The van der Waals surface area contributed by atoms with E-state index in [0.717, 1.165) is 11.3 Å². The zero-order valence-corrected chi connectivity index (χ0v) is 16.0. The van der Waals surface area contributed by atoms with Gasteiger partial charge in [-0.25, -0.2) is 4.79 Å². The van der Waals surface area contributed by atoms with Gasteiger partial charge in [0.25, 0.3) is 5.91 Å². The van der Waals surface area contributed by atoms with Gasteiger partial charge in [-0.15, -0.1) is 0 Å². The molecule has 1 aromatic heterocycles. The zero-order chi connectivity index (χ0) is 20.1. The van der Waals surface area contributed by atoms with E-state index in [1.165, 1.54) is 4.90 Å². The van der Waals surface area contributed by atoms with Crippen molar-refractivity contribution >= 4 is 17.8 Å². The lowest BCUT2D eigenvalue weighted by atomic mass is 10.1. The third-order valence-corrected chi connectivity index (χ3v) is 4.78. The summed E-state index contributed by atoms with van der Waals surface area (Å²) in [5.41, 5.74) is 1.81. The predicted molar refractivity (Wildman–Crippen MR) is 102 cm³/mol. The van der Waals surface area contributed by atoms with E-state index < -0.39 is 12.1 Å². The van der Waals surface area contributed by atoms with Crippen LogP contribution in [0.4, 0.5) is 4.79 Å². The van der Waals surface area contributed by atoms with Gasteiger partial charge in [0.05, 0.1) is 20.2 Å². The number of imide groups is 1. The maximum atomic E-state index is 12.5. The highest BCUT2D eigenvalue weighted by molar-refractivity contribution is 6.04. The van der Waals surface area contributed by atoms with E-state index in [1.54, 1.807) is 19.2 Å². The molecule has 1 atom stereocenters. The van der Waals surface area contributed by atoms with Gasteiger partial charge < -0.3 is 19.9 Å². The van der Waals surface area contributed by atoms with Crippen LogP contribution in [0.15, 0.2) is 42.6 Å². The van der Waals surface area contributed by atoms with Gasteiger partial charge in [-0.1, -0.05) is 12.1 Å². The highest BCUT2D eigenvalue weighted by Gasteiger charge is 2.37. The summed E-state index contributed by atoms with van der Waals surface area (Å²) in [7, 11) is 3.48. The third kappa shape index (κ3) is 4.51. The summed E-state index contributed by atoms with van der Waals surface area (Å²) in [6.45, 7) is 0.613. The second-order valence-corrected chi connectivity index (χ2v) is 6.70. The molecule has 148 valence electrons. The average Bonchev–Trinajstić information content (AvgIpc) is 3.22. The Balaban J connectivity index is 1.48. The quantitative estimate of drug-likeness (QED) is 0.676. The highest BCUT2D eigenvalue weighted by Crippen LogP contribution is 2.17. The first-order valence-corrected chi connectivity index (χ1v) is 9.09. The van der Waals surface area contributed by atoms with Gasteiger partial charge in [0.2, 0.25) is 5.91 Å². The predicted octanol–water partition coefficient (Wildman–Crippen LogP) is 1.55. The third-order valence-electron chi connectivity index (χ3n) is 4.78. The van der Waals surface area contributed by atoms with Crippen LogP contribution in [0.3, 0.4) is 0 Å². The number of carbonyl (C=O) groups is 3. The lowest BCUT2D eigenvalue weighted by molar-refractivity contribution is -0.128. The van der Waals surface area contributed by atoms with Gasteiger partial charge in [0, 0.05) is 25.4 Å². The number of nitrogens with zero attached hydrogens (tertiary/aromatic N) is 2. The Labute approximate surface area is 163 Å². The number of urea groups is 1. The van der Waals surface area contributed by atoms with Crippen LogP contribution in [0, 0.1) is 0 Å². The van der Waals surface area contributed by atoms with Crippen molar-refractivity contribution in [2.24, 2.45) is 7.05 Å². The molecule has 2 heterocycles. The minimum absolute atomic E-state index is 0.156. The molecule has 8 nitrogen and oxygen atoms in total. The number of benzene rings is 1. The smallest absolute Gasteiger partial charge is 0.325 e. The molecule has 1 aromatic carbocycles. The van der Waals surface area contributed by atoms with Crippen molar-refractivity contribution in [2.75, 3.05) is 7.11 Å². The molecule has 0 saturated carbocycles. The number of carbonyl (C=O) groups excluding carboxylic acids is 3. The number of ether oxygens (including phenoxy) is 1. The molecule has 28 heavy (non-hydrogen) atoms. The number of aryl methyl sites for hydroxylation is 1. The fourth-order valence-electron chi connectivity index (χ4n) is 3.07. The number of hydrogen-bond donors (Lipinski definition) is 2. The topological polar surface area (TPSA) is 92.7 Å². The number of aromatic nitrogens is 1. The molecule has 8 heteroatoms. The number of methoxy groups -OCH3 is 1. The van der Waals surface area contributed by atoms with Crippen molar-refractivity contribution in [1.29, 1.82) is 0 Å². The summed E-state index contributed by atoms with van der Waals surface area (Å²) in [6.07, 6.45) is 2.34. The average molecular weight is 384 g/mol. The molecule has 1 aliphatic rings. The fourth-order valence-corrected chi connectivity index (χ4v) is 3.07. The summed E-state index contributed by atoms with van der Waals surface area (Å²) in [5.74, 6) is 0.244. The Kier molecular flexibility index (Phi) is 5.98. The van der Waals surface area contributed by atoms with Crippen molar-refractivity contribution in [3.8, 4) is 5.75 Å². The molecule has 1 aliphatic heterocycles. The number of amides is 4. The van der Waals surface area contributed by atoms with Crippen LogP contribution in [0.5, 0.6) is 5.75 Å². The second-order valence-electron chi connectivity index (χ2n) is 6.70. The van der Waals surface area contributed by atoms with E-state index >= 15 is 0 Å². The van der Waals surface area contributed by atoms with E-state index in [4.69, 9.17) is 4.74 Å². The largest absolute Gasteiger partial charge is 0.497 e. The Bertz CT molecular complexity index is 859. The van der Waals surface area contributed by atoms with Crippen LogP contribution in [-0.4, -0.2) is 40.5 Å². The number of hydrogen-bond acceptors (Lipinski definition) is 4. The van der Waals surface area contributed by atoms with Crippen LogP contribution >= 0.6 is 0 Å². The first-order valence-electron chi connectivity index (χ1n) is 9.09. The minimum Gasteiger partial charge on any atom is -0.497 e. The Hall–Kier alpha value is -3.29. The van der Waals surface area contributed by atoms with E-state index in [1.807, 2.05) is 42.1 Å². The molecular formula is C20H24N4O4. The van der Waals surface area contributed by atoms with Crippen molar-refractivity contribution in [3.05, 3.63) is 53.9 Å². The SMILES string of the molecule is COc1ccc(CN2C(=O)NC(CCC(=O)NCc3cccn3C)C2=O)cc1.